The summed E-state index contributed by atoms with van der Waals surface area (Å²) >= 11 is 1.76. The van der Waals surface area contributed by atoms with Crippen molar-refractivity contribution in [2.75, 3.05) is 12.3 Å². The number of hydrogen-bond acceptors (Lipinski definition) is 3. The molecule has 4 heteroatoms. The van der Waals surface area contributed by atoms with E-state index in [-0.39, 0.29) is 0 Å². The molecule has 0 bridgehead atoms. The van der Waals surface area contributed by atoms with Crippen LogP contribution in [-0.4, -0.2) is 22.3 Å². The van der Waals surface area contributed by atoms with Gasteiger partial charge in [-0.2, -0.15) is 0 Å². The number of rotatable bonds is 7. The molecule has 0 radical (unpaired) electrons. The van der Waals surface area contributed by atoms with Crippen molar-refractivity contribution in [1.82, 2.24) is 15.3 Å². The summed E-state index contributed by atoms with van der Waals surface area (Å²) < 4.78 is 0. The number of benzene rings is 1. The third-order valence-electron chi connectivity index (χ3n) is 3.43. The van der Waals surface area contributed by atoms with Crippen molar-refractivity contribution in [2.45, 2.75) is 38.4 Å². The first-order valence-corrected chi connectivity index (χ1v) is 8.12. The standard InChI is InChI=1S/C16H23N3S/c1-4-7-17-15(11-20-16-18-8-9-19-16)14-6-5-12(2)13(3)10-14/h5-6,8-10,15,17H,4,7,11H2,1-3H3,(H,18,19). The van der Waals surface area contributed by atoms with Crippen molar-refractivity contribution in [3.63, 3.8) is 0 Å². The highest BCUT2D eigenvalue weighted by atomic mass is 32.2. The number of H-pyrrole nitrogens is 1. The molecule has 1 aromatic carbocycles. The third-order valence-corrected chi connectivity index (χ3v) is 4.43. The molecule has 0 fully saturated rings. The monoisotopic (exact) mass is 289 g/mol. The van der Waals surface area contributed by atoms with Crippen molar-refractivity contribution in [2.24, 2.45) is 0 Å². The molecule has 0 aliphatic heterocycles. The van der Waals surface area contributed by atoms with Gasteiger partial charge >= 0.3 is 0 Å². The Morgan fingerprint density at radius 1 is 1.30 bits per heavy atom. The highest BCUT2D eigenvalue weighted by Crippen LogP contribution is 2.24. The zero-order valence-corrected chi connectivity index (χ0v) is 13.3. The average Bonchev–Trinajstić information content (AvgIpc) is 2.95. The number of hydrogen-bond donors (Lipinski definition) is 2. The Morgan fingerprint density at radius 3 is 2.80 bits per heavy atom. The van der Waals surface area contributed by atoms with Crippen LogP contribution >= 0.6 is 11.8 Å². The zero-order valence-electron chi connectivity index (χ0n) is 12.4. The van der Waals surface area contributed by atoms with Gasteiger partial charge in [0.1, 0.15) is 0 Å². The molecule has 0 aliphatic rings. The first-order chi connectivity index (χ1) is 9.70. The lowest BCUT2D eigenvalue weighted by atomic mass is 10.0. The lowest BCUT2D eigenvalue weighted by molar-refractivity contribution is 0.576. The predicted octanol–water partition coefficient (Wildman–Crippen LogP) is 3.86. The number of nitrogens with zero attached hydrogens (tertiary/aromatic N) is 1. The van der Waals surface area contributed by atoms with Gasteiger partial charge < -0.3 is 10.3 Å². The molecule has 2 N–H and O–H groups in total. The quantitative estimate of drug-likeness (QED) is 0.760. The van der Waals surface area contributed by atoms with Crippen molar-refractivity contribution in [3.8, 4) is 0 Å². The summed E-state index contributed by atoms with van der Waals surface area (Å²) in [6.45, 7) is 7.57. The van der Waals surface area contributed by atoms with Crippen LogP contribution in [0.25, 0.3) is 0 Å². The molecule has 108 valence electrons. The van der Waals surface area contributed by atoms with E-state index in [1.165, 1.54) is 16.7 Å². The van der Waals surface area contributed by atoms with Gasteiger partial charge in [0.15, 0.2) is 5.16 Å². The molecule has 0 amide bonds. The van der Waals surface area contributed by atoms with Gasteiger partial charge in [0.2, 0.25) is 0 Å². The largest absolute Gasteiger partial charge is 0.340 e. The first-order valence-electron chi connectivity index (χ1n) is 7.13. The smallest absolute Gasteiger partial charge is 0.165 e. The van der Waals surface area contributed by atoms with Crippen LogP contribution in [0, 0.1) is 13.8 Å². The SMILES string of the molecule is CCCNC(CSc1ncc[nH]1)c1ccc(C)c(C)c1. The number of thioether (sulfide) groups is 1. The lowest BCUT2D eigenvalue weighted by Gasteiger charge is -2.19. The molecule has 0 spiro atoms. The minimum Gasteiger partial charge on any atom is -0.340 e. The third kappa shape index (κ3) is 4.12. The van der Waals surface area contributed by atoms with Crippen LogP contribution in [0.4, 0.5) is 0 Å². The normalized spacial score (nSPS) is 12.6. The van der Waals surface area contributed by atoms with Crippen LogP contribution in [0.3, 0.4) is 0 Å². The van der Waals surface area contributed by atoms with Crippen LogP contribution in [0.5, 0.6) is 0 Å². The highest BCUT2D eigenvalue weighted by molar-refractivity contribution is 7.99. The van der Waals surface area contributed by atoms with Crippen molar-refractivity contribution in [1.29, 1.82) is 0 Å². The number of aromatic nitrogens is 2. The van der Waals surface area contributed by atoms with E-state index in [4.69, 9.17) is 0 Å². The zero-order chi connectivity index (χ0) is 14.4. The Hall–Kier alpha value is -1.26. The van der Waals surface area contributed by atoms with E-state index in [2.05, 4.69) is 54.3 Å². The summed E-state index contributed by atoms with van der Waals surface area (Å²) in [5, 5.41) is 4.62. The maximum absolute atomic E-state index is 4.27. The van der Waals surface area contributed by atoms with Gasteiger partial charge in [-0.15, -0.1) is 0 Å². The second-order valence-electron chi connectivity index (χ2n) is 5.06. The van der Waals surface area contributed by atoms with Gasteiger partial charge in [0.25, 0.3) is 0 Å². The fourth-order valence-electron chi connectivity index (χ4n) is 2.06. The molecule has 3 nitrogen and oxygen atoms in total. The summed E-state index contributed by atoms with van der Waals surface area (Å²) in [5.41, 5.74) is 4.07. The molecule has 1 atom stereocenters. The molecule has 2 aromatic rings. The Bertz CT molecular complexity index is 523. The van der Waals surface area contributed by atoms with E-state index >= 15 is 0 Å². The molecular formula is C16H23N3S. The van der Waals surface area contributed by atoms with Gasteiger partial charge in [-0.25, -0.2) is 4.98 Å². The second-order valence-corrected chi connectivity index (χ2v) is 6.06. The number of aromatic amines is 1. The average molecular weight is 289 g/mol. The molecule has 1 aromatic heterocycles. The first kappa shape index (κ1) is 15.1. The number of nitrogens with one attached hydrogen (secondary N) is 2. The van der Waals surface area contributed by atoms with Crippen LogP contribution in [-0.2, 0) is 0 Å². The van der Waals surface area contributed by atoms with Gasteiger partial charge in [-0.3, -0.25) is 0 Å². The van der Waals surface area contributed by atoms with E-state index < -0.39 is 0 Å². The van der Waals surface area contributed by atoms with E-state index in [1.54, 1.807) is 18.0 Å². The predicted molar refractivity (Wildman–Crippen MR) is 86.3 cm³/mol. The summed E-state index contributed by atoms with van der Waals surface area (Å²) in [4.78, 5) is 7.42. The maximum Gasteiger partial charge on any atom is 0.165 e. The Labute approximate surface area is 125 Å². The van der Waals surface area contributed by atoms with E-state index in [0.717, 1.165) is 23.9 Å². The van der Waals surface area contributed by atoms with Crippen molar-refractivity contribution >= 4 is 11.8 Å². The summed E-state index contributed by atoms with van der Waals surface area (Å²) in [7, 11) is 0. The highest BCUT2D eigenvalue weighted by Gasteiger charge is 2.12. The second kappa shape index (κ2) is 7.50. The molecule has 0 aliphatic carbocycles. The van der Waals surface area contributed by atoms with Gasteiger partial charge in [0.05, 0.1) is 0 Å². The van der Waals surface area contributed by atoms with Crippen molar-refractivity contribution in [3.05, 3.63) is 47.3 Å². The summed E-state index contributed by atoms with van der Waals surface area (Å²) in [5.74, 6) is 0.982. The van der Waals surface area contributed by atoms with Gasteiger partial charge in [0, 0.05) is 24.2 Å². The fraction of sp³-hybridized carbons (Fsp3) is 0.438. The molecule has 1 heterocycles. The van der Waals surface area contributed by atoms with E-state index in [0.29, 0.717) is 6.04 Å². The number of imidazole rings is 1. The molecule has 20 heavy (non-hydrogen) atoms. The fourth-order valence-corrected chi connectivity index (χ4v) is 2.99. The van der Waals surface area contributed by atoms with Crippen LogP contribution < -0.4 is 5.32 Å². The summed E-state index contributed by atoms with van der Waals surface area (Å²) in [6, 6.07) is 7.11. The maximum atomic E-state index is 4.27. The van der Waals surface area contributed by atoms with E-state index in [1.807, 2.05) is 6.20 Å². The Morgan fingerprint density at radius 2 is 2.15 bits per heavy atom. The minimum absolute atomic E-state index is 0.365. The topological polar surface area (TPSA) is 40.7 Å². The molecule has 0 saturated carbocycles. The molecular weight excluding hydrogens is 266 g/mol. The molecule has 1 unspecified atom stereocenters. The molecule has 2 rings (SSSR count). The summed E-state index contributed by atoms with van der Waals surface area (Å²) in [6.07, 6.45) is 4.81. The minimum atomic E-state index is 0.365. The van der Waals surface area contributed by atoms with Crippen LogP contribution in [0.15, 0.2) is 35.7 Å². The Kier molecular flexibility index (Phi) is 5.68. The molecule has 0 saturated heterocycles. The number of aryl methyl sites for hydroxylation is 2. The van der Waals surface area contributed by atoms with Crippen molar-refractivity contribution < 1.29 is 0 Å². The van der Waals surface area contributed by atoms with Crippen LogP contribution in [0.2, 0.25) is 0 Å². The van der Waals surface area contributed by atoms with Crippen LogP contribution in [0.1, 0.15) is 36.1 Å². The van der Waals surface area contributed by atoms with E-state index in [9.17, 15) is 0 Å². The van der Waals surface area contributed by atoms with Gasteiger partial charge in [-0.05, 0) is 43.5 Å². The Balaban J connectivity index is 2.07. The lowest BCUT2D eigenvalue weighted by Crippen LogP contribution is -2.24. The van der Waals surface area contributed by atoms with Gasteiger partial charge in [-0.1, -0.05) is 36.9 Å².